The Morgan fingerprint density at radius 3 is 2.14 bits per heavy atom. The highest BCUT2D eigenvalue weighted by molar-refractivity contribution is 7.92. The van der Waals surface area contributed by atoms with E-state index in [0.29, 0.717) is 12.1 Å². The maximum absolute atomic E-state index is 12.3. The number of hydrogen-bond acceptors (Lipinski definition) is 3. The summed E-state index contributed by atoms with van der Waals surface area (Å²) in [5.41, 5.74) is 3.01. The quantitative estimate of drug-likeness (QED) is 0.693. The fourth-order valence-electron chi connectivity index (χ4n) is 3.13. The Morgan fingerprint density at radius 2 is 1.62 bits per heavy atom. The lowest BCUT2D eigenvalue weighted by molar-refractivity contribution is -0.121. The second-order valence-electron chi connectivity index (χ2n) is 8.44. The molecule has 1 N–H and O–H groups in total. The predicted octanol–water partition coefficient (Wildman–Crippen LogP) is 4.41. The maximum Gasteiger partial charge on any atom is 0.232 e. The van der Waals surface area contributed by atoms with Crippen LogP contribution in [0.4, 0.5) is 5.69 Å². The van der Waals surface area contributed by atoms with E-state index in [1.807, 2.05) is 25.1 Å². The van der Waals surface area contributed by atoms with E-state index in [-0.39, 0.29) is 30.3 Å². The summed E-state index contributed by atoms with van der Waals surface area (Å²) in [5, 5.41) is 3.00. The molecule has 0 saturated heterocycles. The van der Waals surface area contributed by atoms with Crippen LogP contribution in [-0.2, 0) is 20.2 Å². The number of benzene rings is 2. The van der Waals surface area contributed by atoms with Crippen molar-refractivity contribution < 1.29 is 13.2 Å². The zero-order valence-electron chi connectivity index (χ0n) is 18.0. The molecule has 0 saturated carbocycles. The number of nitrogens with one attached hydrogen (secondary N) is 1. The number of carbonyl (C=O) groups is 1. The monoisotopic (exact) mass is 416 g/mol. The zero-order chi connectivity index (χ0) is 21.7. The van der Waals surface area contributed by atoms with E-state index in [1.54, 1.807) is 24.3 Å². The molecule has 0 aromatic heterocycles. The van der Waals surface area contributed by atoms with E-state index in [2.05, 4.69) is 38.2 Å². The lowest BCUT2D eigenvalue weighted by Crippen LogP contribution is -2.32. The van der Waals surface area contributed by atoms with Gasteiger partial charge in [0.2, 0.25) is 15.9 Å². The van der Waals surface area contributed by atoms with Gasteiger partial charge in [0, 0.05) is 13.0 Å². The summed E-state index contributed by atoms with van der Waals surface area (Å²) >= 11 is 0. The third kappa shape index (κ3) is 6.89. The average molecular weight is 417 g/mol. The van der Waals surface area contributed by atoms with Crippen molar-refractivity contribution in [2.75, 3.05) is 17.1 Å². The smallest absolute Gasteiger partial charge is 0.232 e. The summed E-state index contributed by atoms with van der Waals surface area (Å²) < 4.78 is 25.5. The largest absolute Gasteiger partial charge is 0.350 e. The van der Waals surface area contributed by atoms with Crippen molar-refractivity contribution in [3.8, 4) is 0 Å². The van der Waals surface area contributed by atoms with Crippen LogP contribution in [0.5, 0.6) is 0 Å². The second kappa shape index (κ2) is 9.44. The predicted molar refractivity (Wildman–Crippen MR) is 120 cm³/mol. The third-order valence-electron chi connectivity index (χ3n) is 4.86. The van der Waals surface area contributed by atoms with Gasteiger partial charge in [0.15, 0.2) is 0 Å². The Bertz CT molecular complexity index is 901. The van der Waals surface area contributed by atoms with Gasteiger partial charge in [-0.15, -0.1) is 0 Å². The Hall–Kier alpha value is -2.34. The highest BCUT2D eigenvalue weighted by Crippen LogP contribution is 2.24. The molecule has 0 fully saturated rings. The molecule has 2 aromatic carbocycles. The lowest BCUT2D eigenvalue weighted by atomic mass is 9.86. The molecule has 0 bridgehead atoms. The Kier molecular flexibility index (Phi) is 7.47. The molecule has 5 nitrogen and oxygen atoms in total. The Balaban J connectivity index is 1.90. The fraction of sp³-hybridized carbons (Fsp3) is 0.435. The van der Waals surface area contributed by atoms with Gasteiger partial charge in [-0.05, 0) is 42.0 Å². The van der Waals surface area contributed by atoms with Crippen molar-refractivity contribution >= 4 is 21.6 Å². The van der Waals surface area contributed by atoms with Crippen LogP contribution in [-0.4, -0.2) is 27.1 Å². The molecule has 0 radical (unpaired) electrons. The van der Waals surface area contributed by atoms with E-state index < -0.39 is 10.0 Å². The third-order valence-corrected chi connectivity index (χ3v) is 6.06. The van der Waals surface area contributed by atoms with Gasteiger partial charge >= 0.3 is 0 Å². The molecular formula is C23H32N2O3S. The summed E-state index contributed by atoms with van der Waals surface area (Å²) in [6.45, 7) is 8.73. The highest BCUT2D eigenvalue weighted by atomic mass is 32.2. The molecule has 158 valence electrons. The van der Waals surface area contributed by atoms with Crippen LogP contribution in [0.25, 0.3) is 0 Å². The van der Waals surface area contributed by atoms with Crippen molar-refractivity contribution in [1.82, 2.24) is 5.32 Å². The first-order valence-corrected chi connectivity index (χ1v) is 11.8. The number of anilines is 1. The molecule has 0 heterocycles. The number of amides is 1. The molecule has 0 aliphatic rings. The molecule has 0 spiro atoms. The minimum absolute atomic E-state index is 0.0843. The van der Waals surface area contributed by atoms with E-state index >= 15 is 0 Å². The number of rotatable bonds is 8. The molecule has 2 aromatic rings. The van der Waals surface area contributed by atoms with Gasteiger partial charge in [0.1, 0.15) is 0 Å². The lowest BCUT2D eigenvalue weighted by Gasteiger charge is -2.22. The van der Waals surface area contributed by atoms with Gasteiger partial charge in [0.25, 0.3) is 0 Å². The van der Waals surface area contributed by atoms with Crippen LogP contribution in [0.15, 0.2) is 54.6 Å². The number of para-hydroxylation sites is 1. The van der Waals surface area contributed by atoms with Gasteiger partial charge in [0.05, 0.1) is 18.0 Å². The Morgan fingerprint density at radius 1 is 1.03 bits per heavy atom. The zero-order valence-corrected chi connectivity index (χ0v) is 18.8. The standard InChI is InChI=1S/C23H32N2O3S/c1-18(19-13-15-20(16-14-19)23(2,3)4)24-22(26)12-9-17-25(29(5,27)28)21-10-7-6-8-11-21/h6-8,10-11,13-16,18H,9,12,17H2,1-5H3,(H,24,26)/t18-/m1/s1. The first-order valence-electron chi connectivity index (χ1n) is 9.91. The first kappa shape index (κ1) is 22.9. The SMILES string of the molecule is C[C@@H](NC(=O)CCCN(c1ccccc1)S(C)(=O)=O)c1ccc(C(C)(C)C)cc1. The van der Waals surface area contributed by atoms with Crippen molar-refractivity contribution in [3.63, 3.8) is 0 Å². The number of nitrogens with zero attached hydrogens (tertiary/aromatic N) is 1. The second-order valence-corrected chi connectivity index (χ2v) is 10.3. The van der Waals surface area contributed by atoms with E-state index in [4.69, 9.17) is 0 Å². The molecule has 0 unspecified atom stereocenters. The summed E-state index contributed by atoms with van der Waals surface area (Å²) in [5.74, 6) is -0.0843. The number of carbonyl (C=O) groups excluding carboxylic acids is 1. The molecular weight excluding hydrogens is 384 g/mol. The van der Waals surface area contributed by atoms with Crippen LogP contribution in [0.3, 0.4) is 0 Å². The molecule has 0 aliphatic carbocycles. The molecule has 0 aliphatic heterocycles. The summed E-state index contributed by atoms with van der Waals surface area (Å²) in [6, 6.07) is 17.1. The summed E-state index contributed by atoms with van der Waals surface area (Å²) in [7, 11) is -3.40. The van der Waals surface area contributed by atoms with Crippen molar-refractivity contribution in [2.24, 2.45) is 0 Å². The van der Waals surface area contributed by atoms with Gasteiger partial charge in [-0.3, -0.25) is 9.10 Å². The Labute approximate surface area is 175 Å². The van der Waals surface area contributed by atoms with Gasteiger partial charge in [-0.1, -0.05) is 63.2 Å². The van der Waals surface area contributed by atoms with Crippen LogP contribution in [0.2, 0.25) is 0 Å². The van der Waals surface area contributed by atoms with Gasteiger partial charge in [-0.25, -0.2) is 8.42 Å². The highest BCUT2D eigenvalue weighted by Gasteiger charge is 2.18. The topological polar surface area (TPSA) is 66.5 Å². The number of sulfonamides is 1. The normalized spacial score (nSPS) is 13.0. The summed E-state index contributed by atoms with van der Waals surface area (Å²) in [4.78, 5) is 12.3. The van der Waals surface area contributed by atoms with Crippen LogP contribution in [0, 0.1) is 0 Å². The molecule has 29 heavy (non-hydrogen) atoms. The fourth-order valence-corrected chi connectivity index (χ4v) is 4.10. The van der Waals surface area contributed by atoms with Gasteiger partial charge in [-0.2, -0.15) is 0 Å². The number of hydrogen-bond donors (Lipinski definition) is 1. The van der Waals surface area contributed by atoms with Crippen molar-refractivity contribution in [2.45, 2.75) is 52.0 Å². The minimum atomic E-state index is -3.40. The molecule has 1 atom stereocenters. The van der Waals surface area contributed by atoms with E-state index in [0.717, 1.165) is 5.56 Å². The minimum Gasteiger partial charge on any atom is -0.350 e. The van der Waals surface area contributed by atoms with Crippen LogP contribution >= 0.6 is 0 Å². The summed E-state index contributed by atoms with van der Waals surface area (Å²) in [6.07, 6.45) is 1.90. The van der Waals surface area contributed by atoms with E-state index in [1.165, 1.54) is 16.1 Å². The van der Waals surface area contributed by atoms with Crippen LogP contribution in [0.1, 0.15) is 57.7 Å². The molecule has 1 amide bonds. The van der Waals surface area contributed by atoms with Crippen LogP contribution < -0.4 is 9.62 Å². The first-order chi connectivity index (χ1) is 13.5. The van der Waals surface area contributed by atoms with E-state index in [9.17, 15) is 13.2 Å². The maximum atomic E-state index is 12.3. The van der Waals surface area contributed by atoms with Gasteiger partial charge < -0.3 is 5.32 Å². The van der Waals surface area contributed by atoms with Crippen molar-refractivity contribution in [3.05, 3.63) is 65.7 Å². The average Bonchev–Trinajstić information content (AvgIpc) is 2.64. The molecule has 2 rings (SSSR count). The molecule has 6 heteroatoms. The van der Waals surface area contributed by atoms with Crippen molar-refractivity contribution in [1.29, 1.82) is 0 Å².